The normalized spacial score (nSPS) is 20.4. The molecule has 1 aliphatic rings. The van der Waals surface area contributed by atoms with Crippen LogP contribution in [0.1, 0.15) is 13.3 Å². The molecule has 58 valence electrons. The molecule has 11 heavy (non-hydrogen) atoms. The highest BCUT2D eigenvalue weighted by Crippen LogP contribution is 2.13. The highest BCUT2D eigenvalue weighted by molar-refractivity contribution is 5.74. The molecule has 0 spiro atoms. The molecule has 0 saturated carbocycles. The smallest absolute Gasteiger partial charge is 0.219 e. The molecule has 0 aliphatic carbocycles. The van der Waals surface area contributed by atoms with Crippen LogP contribution in [0.15, 0.2) is 11.6 Å². The van der Waals surface area contributed by atoms with Crippen LogP contribution < -0.4 is 0 Å². The Morgan fingerprint density at radius 1 is 1.82 bits per heavy atom. The minimum absolute atomic E-state index is 0.0892. The molecule has 1 aliphatic heterocycles. The van der Waals surface area contributed by atoms with E-state index in [1.165, 1.54) is 6.08 Å². The van der Waals surface area contributed by atoms with Crippen LogP contribution in [0.2, 0.25) is 0 Å². The second-order valence-corrected chi connectivity index (χ2v) is 2.62. The monoisotopic (exact) mass is 150 g/mol. The fraction of sp³-hybridized carbons (Fsp3) is 0.500. The molecular formula is C8H10N2O. The SMILES string of the molecule is CC(=O)N1CC/C(=C/C#N)C1. The molecule has 0 aromatic rings. The third kappa shape index (κ3) is 1.81. The van der Waals surface area contributed by atoms with Gasteiger partial charge in [0.2, 0.25) is 5.91 Å². The van der Waals surface area contributed by atoms with E-state index in [9.17, 15) is 4.79 Å². The average Bonchev–Trinajstić information content (AvgIpc) is 2.37. The van der Waals surface area contributed by atoms with Crippen LogP contribution in [-0.2, 0) is 4.79 Å². The van der Waals surface area contributed by atoms with Crippen LogP contribution in [0, 0.1) is 11.3 Å². The van der Waals surface area contributed by atoms with Gasteiger partial charge in [-0.15, -0.1) is 0 Å². The number of rotatable bonds is 0. The number of hydrogen-bond acceptors (Lipinski definition) is 2. The summed E-state index contributed by atoms with van der Waals surface area (Å²) < 4.78 is 0. The zero-order valence-corrected chi connectivity index (χ0v) is 6.50. The lowest BCUT2D eigenvalue weighted by atomic mass is 10.2. The van der Waals surface area contributed by atoms with Crippen molar-refractivity contribution >= 4 is 5.91 Å². The van der Waals surface area contributed by atoms with Crippen molar-refractivity contribution in [2.45, 2.75) is 13.3 Å². The van der Waals surface area contributed by atoms with Gasteiger partial charge in [-0.2, -0.15) is 5.26 Å². The second-order valence-electron chi connectivity index (χ2n) is 2.62. The predicted molar refractivity (Wildman–Crippen MR) is 40.6 cm³/mol. The summed E-state index contributed by atoms with van der Waals surface area (Å²) in [5.41, 5.74) is 1.06. The van der Waals surface area contributed by atoms with Gasteiger partial charge < -0.3 is 4.90 Å². The van der Waals surface area contributed by atoms with Gasteiger partial charge in [0.05, 0.1) is 6.07 Å². The third-order valence-electron chi connectivity index (χ3n) is 1.81. The maximum atomic E-state index is 10.8. The van der Waals surface area contributed by atoms with Gasteiger partial charge in [-0.1, -0.05) is 0 Å². The summed E-state index contributed by atoms with van der Waals surface area (Å²) >= 11 is 0. The van der Waals surface area contributed by atoms with Crippen molar-refractivity contribution in [2.24, 2.45) is 0 Å². The van der Waals surface area contributed by atoms with Gasteiger partial charge in [0.15, 0.2) is 0 Å². The molecule has 3 heteroatoms. The maximum absolute atomic E-state index is 10.8. The van der Waals surface area contributed by atoms with Crippen molar-refractivity contribution in [3.05, 3.63) is 11.6 Å². The molecule has 1 rings (SSSR count). The summed E-state index contributed by atoms with van der Waals surface area (Å²) in [7, 11) is 0. The number of nitriles is 1. The molecule has 0 N–H and O–H groups in total. The highest BCUT2D eigenvalue weighted by Gasteiger charge is 2.17. The van der Waals surface area contributed by atoms with Gasteiger partial charge in [0.1, 0.15) is 0 Å². The number of amides is 1. The lowest BCUT2D eigenvalue weighted by Crippen LogP contribution is -2.24. The standard InChI is InChI=1S/C8H10N2O/c1-7(11)10-5-3-8(6-10)2-4-9/h2H,3,5-6H2,1H3/b8-2-. The van der Waals surface area contributed by atoms with Gasteiger partial charge in [-0.3, -0.25) is 4.79 Å². The fourth-order valence-electron chi connectivity index (χ4n) is 1.16. The van der Waals surface area contributed by atoms with Gasteiger partial charge in [-0.25, -0.2) is 0 Å². The van der Waals surface area contributed by atoms with E-state index in [1.54, 1.807) is 11.8 Å². The molecule has 0 aromatic carbocycles. The zero-order chi connectivity index (χ0) is 8.27. The molecule has 3 nitrogen and oxygen atoms in total. The largest absolute Gasteiger partial charge is 0.339 e. The van der Waals surface area contributed by atoms with Crippen LogP contribution in [0.4, 0.5) is 0 Å². The number of carbonyl (C=O) groups excluding carboxylic acids is 1. The molecule has 0 atom stereocenters. The van der Waals surface area contributed by atoms with Crippen LogP contribution in [0.25, 0.3) is 0 Å². The van der Waals surface area contributed by atoms with E-state index in [0.29, 0.717) is 6.54 Å². The van der Waals surface area contributed by atoms with Crippen molar-refractivity contribution in [2.75, 3.05) is 13.1 Å². The van der Waals surface area contributed by atoms with E-state index in [-0.39, 0.29) is 5.91 Å². The minimum atomic E-state index is 0.0892. The van der Waals surface area contributed by atoms with Crippen molar-refractivity contribution in [1.82, 2.24) is 4.90 Å². The van der Waals surface area contributed by atoms with E-state index in [2.05, 4.69) is 0 Å². The summed E-state index contributed by atoms with van der Waals surface area (Å²) in [6.07, 6.45) is 2.38. The number of likely N-dealkylation sites (tertiary alicyclic amines) is 1. The highest BCUT2D eigenvalue weighted by atomic mass is 16.2. The Hall–Kier alpha value is -1.30. The first-order valence-corrected chi connectivity index (χ1v) is 3.57. The predicted octanol–water partition coefficient (Wildman–Crippen LogP) is 0.689. The third-order valence-corrected chi connectivity index (χ3v) is 1.81. The van der Waals surface area contributed by atoms with Crippen molar-refractivity contribution < 1.29 is 4.79 Å². The van der Waals surface area contributed by atoms with Gasteiger partial charge in [-0.05, 0) is 12.0 Å². The lowest BCUT2D eigenvalue weighted by Gasteiger charge is -2.10. The van der Waals surface area contributed by atoms with Crippen LogP contribution in [0.5, 0.6) is 0 Å². The Morgan fingerprint density at radius 2 is 2.55 bits per heavy atom. The Bertz CT molecular complexity index is 237. The lowest BCUT2D eigenvalue weighted by molar-refractivity contribution is -0.127. The summed E-state index contributed by atoms with van der Waals surface area (Å²) in [6.45, 7) is 2.96. The van der Waals surface area contributed by atoms with E-state index >= 15 is 0 Å². The number of nitrogens with zero attached hydrogens (tertiary/aromatic N) is 2. The summed E-state index contributed by atoms with van der Waals surface area (Å²) in [5.74, 6) is 0.0892. The average molecular weight is 150 g/mol. The van der Waals surface area contributed by atoms with E-state index in [0.717, 1.165) is 18.5 Å². The molecule has 1 amide bonds. The minimum Gasteiger partial charge on any atom is -0.339 e. The molecular weight excluding hydrogens is 140 g/mol. The topological polar surface area (TPSA) is 44.1 Å². The first kappa shape index (κ1) is 7.80. The number of allylic oxidation sites excluding steroid dienone is 1. The molecule has 1 saturated heterocycles. The molecule has 0 bridgehead atoms. The van der Waals surface area contributed by atoms with Crippen molar-refractivity contribution in [3.8, 4) is 6.07 Å². The van der Waals surface area contributed by atoms with E-state index in [4.69, 9.17) is 5.26 Å². The first-order valence-electron chi connectivity index (χ1n) is 3.57. The molecule has 0 aromatic heterocycles. The van der Waals surface area contributed by atoms with Gasteiger partial charge in [0, 0.05) is 26.1 Å². The van der Waals surface area contributed by atoms with Crippen molar-refractivity contribution in [1.29, 1.82) is 5.26 Å². The quantitative estimate of drug-likeness (QED) is 0.477. The Morgan fingerprint density at radius 3 is 3.00 bits per heavy atom. The van der Waals surface area contributed by atoms with Crippen LogP contribution >= 0.6 is 0 Å². The van der Waals surface area contributed by atoms with Gasteiger partial charge >= 0.3 is 0 Å². The summed E-state index contributed by atoms with van der Waals surface area (Å²) in [4.78, 5) is 12.6. The maximum Gasteiger partial charge on any atom is 0.219 e. The Labute approximate surface area is 65.9 Å². The number of carbonyl (C=O) groups is 1. The summed E-state index contributed by atoms with van der Waals surface area (Å²) in [6, 6.07) is 1.97. The Kier molecular flexibility index (Phi) is 2.27. The number of hydrogen-bond donors (Lipinski definition) is 0. The zero-order valence-electron chi connectivity index (χ0n) is 6.50. The van der Waals surface area contributed by atoms with Crippen LogP contribution in [-0.4, -0.2) is 23.9 Å². The first-order chi connectivity index (χ1) is 5.24. The molecule has 0 radical (unpaired) electrons. The molecule has 0 unspecified atom stereocenters. The molecule has 1 heterocycles. The fourth-order valence-corrected chi connectivity index (χ4v) is 1.16. The Balaban J connectivity index is 2.55. The molecule has 1 fully saturated rings. The van der Waals surface area contributed by atoms with Crippen LogP contribution in [0.3, 0.4) is 0 Å². The van der Waals surface area contributed by atoms with E-state index in [1.807, 2.05) is 6.07 Å². The van der Waals surface area contributed by atoms with E-state index < -0.39 is 0 Å². The second kappa shape index (κ2) is 3.20. The van der Waals surface area contributed by atoms with Gasteiger partial charge in [0.25, 0.3) is 0 Å². The van der Waals surface area contributed by atoms with Crippen molar-refractivity contribution in [3.63, 3.8) is 0 Å². The summed E-state index contributed by atoms with van der Waals surface area (Å²) in [5, 5.41) is 8.32.